The molecule has 21 heavy (non-hydrogen) atoms. The molecule has 2 atom stereocenters. The Bertz CT molecular complexity index is 488. The van der Waals surface area contributed by atoms with E-state index in [-0.39, 0.29) is 23.9 Å². The molecule has 1 aromatic carbocycles. The summed E-state index contributed by atoms with van der Waals surface area (Å²) in [5.41, 5.74) is 5.18. The van der Waals surface area contributed by atoms with Crippen molar-refractivity contribution in [3.63, 3.8) is 0 Å². The van der Waals surface area contributed by atoms with Crippen molar-refractivity contribution in [3.8, 4) is 0 Å². The van der Waals surface area contributed by atoms with Gasteiger partial charge in [0, 0.05) is 13.6 Å². The first kappa shape index (κ1) is 17.5. The Morgan fingerprint density at radius 1 is 1.33 bits per heavy atom. The Kier molecular flexibility index (Phi) is 5.78. The van der Waals surface area contributed by atoms with Gasteiger partial charge in [-0.15, -0.1) is 0 Å². The maximum Gasteiger partial charge on any atom is 0.416 e. The van der Waals surface area contributed by atoms with E-state index >= 15 is 0 Å². The first-order valence-electron chi connectivity index (χ1n) is 6.84. The molecular weight excluding hydrogens is 281 g/mol. The van der Waals surface area contributed by atoms with Crippen molar-refractivity contribution in [3.05, 3.63) is 35.4 Å². The van der Waals surface area contributed by atoms with Crippen LogP contribution in [0.2, 0.25) is 0 Å². The molecule has 118 valence electrons. The zero-order valence-electron chi connectivity index (χ0n) is 12.4. The Balaban J connectivity index is 2.89. The van der Waals surface area contributed by atoms with Crippen LogP contribution < -0.4 is 5.73 Å². The Morgan fingerprint density at radius 3 is 2.43 bits per heavy atom. The molecule has 3 nitrogen and oxygen atoms in total. The lowest BCUT2D eigenvalue weighted by Crippen LogP contribution is -2.45. The highest BCUT2D eigenvalue weighted by Crippen LogP contribution is 2.32. The molecule has 0 bridgehead atoms. The molecular formula is C15H21F3N2O. The molecule has 2 N–H and O–H groups in total. The zero-order valence-corrected chi connectivity index (χ0v) is 12.4. The van der Waals surface area contributed by atoms with E-state index in [9.17, 15) is 18.0 Å². The monoisotopic (exact) mass is 302 g/mol. The topological polar surface area (TPSA) is 46.3 Å². The molecule has 0 aliphatic rings. The van der Waals surface area contributed by atoms with Gasteiger partial charge in [0.15, 0.2) is 0 Å². The first-order valence-corrected chi connectivity index (χ1v) is 6.84. The highest BCUT2D eigenvalue weighted by molar-refractivity contribution is 5.81. The fourth-order valence-electron chi connectivity index (χ4n) is 2.02. The highest BCUT2D eigenvalue weighted by Gasteiger charge is 2.33. The van der Waals surface area contributed by atoms with Crippen LogP contribution in [0.3, 0.4) is 0 Å². The number of likely N-dealkylation sites (N-methyl/N-ethyl adjacent to an activating group) is 1. The van der Waals surface area contributed by atoms with E-state index in [0.29, 0.717) is 0 Å². The van der Waals surface area contributed by atoms with Gasteiger partial charge in [0.05, 0.1) is 11.6 Å². The lowest BCUT2D eigenvalue weighted by atomic mass is 9.98. The Hall–Kier alpha value is -1.56. The first-order chi connectivity index (χ1) is 9.68. The second kappa shape index (κ2) is 6.93. The van der Waals surface area contributed by atoms with E-state index in [4.69, 9.17) is 5.73 Å². The number of alkyl halides is 3. The van der Waals surface area contributed by atoms with Gasteiger partial charge in [-0.2, -0.15) is 13.2 Å². The molecule has 0 aromatic heterocycles. The summed E-state index contributed by atoms with van der Waals surface area (Å²) in [6.07, 6.45) is -3.70. The van der Waals surface area contributed by atoms with Crippen LogP contribution in [-0.4, -0.2) is 23.9 Å². The number of carbonyl (C=O) groups is 1. The lowest BCUT2D eigenvalue weighted by Gasteiger charge is -2.25. The smallest absolute Gasteiger partial charge is 0.340 e. The summed E-state index contributed by atoms with van der Waals surface area (Å²) in [6.45, 7) is 3.65. The van der Waals surface area contributed by atoms with Gasteiger partial charge < -0.3 is 10.6 Å². The minimum absolute atomic E-state index is 0.0159. The number of benzene rings is 1. The van der Waals surface area contributed by atoms with E-state index in [2.05, 4.69) is 0 Å². The maximum atomic E-state index is 12.9. The van der Waals surface area contributed by atoms with E-state index in [1.807, 2.05) is 13.8 Å². The minimum Gasteiger partial charge on any atom is -0.340 e. The quantitative estimate of drug-likeness (QED) is 0.908. The molecule has 1 rings (SSSR count). The Morgan fingerprint density at radius 2 is 1.90 bits per heavy atom. The summed E-state index contributed by atoms with van der Waals surface area (Å²) in [4.78, 5) is 13.4. The van der Waals surface area contributed by atoms with E-state index < -0.39 is 17.8 Å². The van der Waals surface area contributed by atoms with Crippen LogP contribution in [0.4, 0.5) is 13.2 Å². The van der Waals surface area contributed by atoms with Crippen LogP contribution in [-0.2, 0) is 17.5 Å². The SMILES string of the molecule is CCC(C)C(N)C(=O)N(C)Cc1ccccc1C(F)(F)F. The van der Waals surface area contributed by atoms with Gasteiger partial charge in [-0.1, -0.05) is 38.5 Å². The van der Waals surface area contributed by atoms with Crippen molar-refractivity contribution in [2.24, 2.45) is 11.7 Å². The third-order valence-electron chi connectivity index (χ3n) is 3.65. The number of rotatable bonds is 5. The van der Waals surface area contributed by atoms with Gasteiger partial charge >= 0.3 is 6.18 Å². The molecule has 0 fully saturated rings. The van der Waals surface area contributed by atoms with E-state index in [0.717, 1.165) is 12.5 Å². The molecule has 0 saturated heterocycles. The summed E-state index contributed by atoms with van der Waals surface area (Å²) in [5, 5.41) is 0. The predicted octanol–water partition coefficient (Wildman–Crippen LogP) is 3.04. The van der Waals surface area contributed by atoms with Crippen molar-refractivity contribution < 1.29 is 18.0 Å². The molecule has 0 radical (unpaired) electrons. The molecule has 1 aromatic rings. The second-order valence-electron chi connectivity index (χ2n) is 5.26. The number of hydrogen-bond donors (Lipinski definition) is 1. The zero-order chi connectivity index (χ0) is 16.2. The number of nitrogens with two attached hydrogens (primary N) is 1. The normalized spacial score (nSPS) is 14.6. The average molecular weight is 302 g/mol. The van der Waals surface area contributed by atoms with Crippen molar-refractivity contribution in [2.45, 2.75) is 39.0 Å². The van der Waals surface area contributed by atoms with Crippen molar-refractivity contribution >= 4 is 5.91 Å². The van der Waals surface area contributed by atoms with Crippen molar-refractivity contribution in [1.82, 2.24) is 4.90 Å². The number of hydrogen-bond acceptors (Lipinski definition) is 2. The van der Waals surface area contributed by atoms with Crippen LogP contribution in [0.25, 0.3) is 0 Å². The van der Waals surface area contributed by atoms with Gasteiger partial charge in [0.2, 0.25) is 5.91 Å². The van der Waals surface area contributed by atoms with Crippen LogP contribution in [0.5, 0.6) is 0 Å². The van der Waals surface area contributed by atoms with Crippen LogP contribution in [0, 0.1) is 5.92 Å². The van der Waals surface area contributed by atoms with E-state index in [1.54, 1.807) is 0 Å². The molecule has 1 amide bonds. The summed E-state index contributed by atoms with van der Waals surface area (Å²) in [5.74, 6) is -0.362. The highest BCUT2D eigenvalue weighted by atomic mass is 19.4. The predicted molar refractivity (Wildman–Crippen MR) is 75.3 cm³/mol. The third kappa shape index (κ3) is 4.46. The number of carbonyl (C=O) groups excluding carboxylic acids is 1. The fourth-order valence-corrected chi connectivity index (χ4v) is 2.02. The van der Waals surface area contributed by atoms with E-state index in [1.165, 1.54) is 30.1 Å². The number of nitrogens with zero attached hydrogens (tertiary/aromatic N) is 1. The van der Waals surface area contributed by atoms with Gasteiger partial charge in [-0.25, -0.2) is 0 Å². The number of amides is 1. The van der Waals surface area contributed by atoms with Crippen molar-refractivity contribution in [2.75, 3.05) is 7.05 Å². The molecule has 2 unspecified atom stereocenters. The molecule has 6 heteroatoms. The van der Waals surface area contributed by atoms with Gasteiger partial charge in [0.1, 0.15) is 0 Å². The largest absolute Gasteiger partial charge is 0.416 e. The molecule has 0 spiro atoms. The summed E-state index contributed by atoms with van der Waals surface area (Å²) < 4.78 is 38.7. The molecule has 0 aliphatic carbocycles. The fraction of sp³-hybridized carbons (Fsp3) is 0.533. The van der Waals surface area contributed by atoms with Crippen molar-refractivity contribution in [1.29, 1.82) is 0 Å². The summed E-state index contributed by atoms with van der Waals surface area (Å²) in [7, 11) is 1.47. The maximum absolute atomic E-state index is 12.9. The van der Waals surface area contributed by atoms with Gasteiger partial charge in [-0.05, 0) is 17.5 Å². The van der Waals surface area contributed by atoms with Crippen LogP contribution in [0.15, 0.2) is 24.3 Å². The van der Waals surface area contributed by atoms with Gasteiger partial charge in [0.25, 0.3) is 0 Å². The van der Waals surface area contributed by atoms with Gasteiger partial charge in [-0.3, -0.25) is 4.79 Å². The molecule has 0 heterocycles. The van der Waals surface area contributed by atoms with Crippen LogP contribution >= 0.6 is 0 Å². The Labute approximate surface area is 122 Å². The standard InChI is InChI=1S/C15H21F3N2O/c1-4-10(2)13(19)14(21)20(3)9-11-7-5-6-8-12(11)15(16,17)18/h5-8,10,13H,4,9,19H2,1-3H3. The minimum atomic E-state index is -4.43. The molecule has 0 aliphatic heterocycles. The third-order valence-corrected chi connectivity index (χ3v) is 3.65. The molecule has 0 saturated carbocycles. The summed E-state index contributed by atoms with van der Waals surface area (Å²) >= 11 is 0. The lowest BCUT2D eigenvalue weighted by molar-refractivity contribution is -0.140. The second-order valence-corrected chi connectivity index (χ2v) is 5.26. The average Bonchev–Trinajstić information content (AvgIpc) is 2.44. The summed E-state index contributed by atoms with van der Waals surface area (Å²) in [6, 6.07) is 4.55. The number of halogens is 3. The van der Waals surface area contributed by atoms with Crippen LogP contribution in [0.1, 0.15) is 31.4 Å².